The third-order valence-electron chi connectivity index (χ3n) is 2.00. The van der Waals surface area contributed by atoms with Gasteiger partial charge >= 0.3 is 5.97 Å². The third kappa shape index (κ3) is 2.71. The summed E-state index contributed by atoms with van der Waals surface area (Å²) in [6.45, 7) is -1.38. The molecule has 0 spiro atoms. The van der Waals surface area contributed by atoms with E-state index in [4.69, 9.17) is 5.11 Å². The SMILES string of the molecule is O=C(O)C(c1ccc(F)cc1)C(F)CF. The highest BCUT2D eigenvalue weighted by molar-refractivity contribution is 5.76. The summed E-state index contributed by atoms with van der Waals surface area (Å²) in [5.74, 6) is -3.61. The zero-order chi connectivity index (χ0) is 11.4. The zero-order valence-electron chi connectivity index (χ0n) is 7.66. The van der Waals surface area contributed by atoms with Gasteiger partial charge in [0.15, 0.2) is 0 Å². The maximum atomic E-state index is 13.0. The maximum Gasteiger partial charge on any atom is 0.314 e. The molecule has 1 N–H and O–H groups in total. The van der Waals surface area contributed by atoms with Crippen LogP contribution in [0.4, 0.5) is 13.2 Å². The van der Waals surface area contributed by atoms with Crippen LogP contribution in [0, 0.1) is 5.82 Å². The second-order valence-corrected chi connectivity index (χ2v) is 3.04. The van der Waals surface area contributed by atoms with Crippen LogP contribution in [0.3, 0.4) is 0 Å². The number of benzene rings is 1. The molecule has 1 aromatic carbocycles. The smallest absolute Gasteiger partial charge is 0.314 e. The lowest BCUT2D eigenvalue weighted by Crippen LogP contribution is -2.24. The van der Waals surface area contributed by atoms with E-state index < -0.39 is 30.6 Å². The lowest BCUT2D eigenvalue weighted by Gasteiger charge is -2.14. The molecule has 0 fully saturated rings. The molecule has 0 radical (unpaired) electrons. The van der Waals surface area contributed by atoms with E-state index in [-0.39, 0.29) is 5.56 Å². The molecular formula is C10H9F3O2. The number of hydrogen-bond donors (Lipinski definition) is 1. The molecule has 1 rings (SSSR count). The van der Waals surface area contributed by atoms with Crippen molar-refractivity contribution in [1.82, 2.24) is 0 Å². The number of aliphatic carboxylic acids is 1. The fraction of sp³-hybridized carbons (Fsp3) is 0.300. The van der Waals surface area contributed by atoms with Gasteiger partial charge in [0.2, 0.25) is 0 Å². The van der Waals surface area contributed by atoms with Crippen molar-refractivity contribution in [3.8, 4) is 0 Å². The van der Waals surface area contributed by atoms with Gasteiger partial charge in [0.1, 0.15) is 24.6 Å². The summed E-state index contributed by atoms with van der Waals surface area (Å²) in [5.41, 5.74) is 0.0500. The third-order valence-corrected chi connectivity index (χ3v) is 2.00. The minimum absolute atomic E-state index is 0.0500. The van der Waals surface area contributed by atoms with Crippen LogP contribution >= 0.6 is 0 Å². The van der Waals surface area contributed by atoms with Gasteiger partial charge in [-0.25, -0.2) is 13.2 Å². The molecule has 0 saturated heterocycles. The summed E-state index contributed by atoms with van der Waals surface area (Å²) in [6.07, 6.45) is -2.12. The Morgan fingerprint density at radius 2 is 1.87 bits per heavy atom. The van der Waals surface area contributed by atoms with Crippen molar-refractivity contribution in [3.05, 3.63) is 35.6 Å². The van der Waals surface area contributed by atoms with Crippen LogP contribution in [0.1, 0.15) is 11.5 Å². The highest BCUT2D eigenvalue weighted by atomic mass is 19.2. The lowest BCUT2D eigenvalue weighted by molar-refractivity contribution is -0.140. The molecule has 0 aliphatic carbocycles. The van der Waals surface area contributed by atoms with Crippen molar-refractivity contribution in [3.63, 3.8) is 0 Å². The van der Waals surface area contributed by atoms with E-state index >= 15 is 0 Å². The second-order valence-electron chi connectivity index (χ2n) is 3.04. The number of hydrogen-bond acceptors (Lipinski definition) is 1. The molecule has 0 aliphatic rings. The molecule has 2 unspecified atom stereocenters. The highest BCUT2D eigenvalue weighted by Gasteiger charge is 2.29. The van der Waals surface area contributed by atoms with Crippen LogP contribution in [0.5, 0.6) is 0 Å². The van der Waals surface area contributed by atoms with E-state index in [0.717, 1.165) is 24.3 Å². The molecule has 2 nitrogen and oxygen atoms in total. The molecule has 15 heavy (non-hydrogen) atoms. The summed E-state index contributed by atoms with van der Waals surface area (Å²) in [7, 11) is 0. The minimum Gasteiger partial charge on any atom is -0.481 e. The lowest BCUT2D eigenvalue weighted by atomic mass is 9.95. The summed E-state index contributed by atoms with van der Waals surface area (Å²) in [5, 5.41) is 8.70. The van der Waals surface area contributed by atoms with Crippen molar-refractivity contribution >= 4 is 5.97 Å². The first kappa shape index (κ1) is 11.6. The van der Waals surface area contributed by atoms with Crippen molar-refractivity contribution in [2.45, 2.75) is 12.1 Å². The van der Waals surface area contributed by atoms with Gasteiger partial charge in [-0.2, -0.15) is 0 Å². The van der Waals surface area contributed by atoms with Gasteiger partial charge < -0.3 is 5.11 Å². The minimum atomic E-state index is -2.12. The van der Waals surface area contributed by atoms with Crippen LogP contribution in [0.25, 0.3) is 0 Å². The molecule has 0 bridgehead atoms. The van der Waals surface area contributed by atoms with Gasteiger partial charge in [0.05, 0.1) is 0 Å². The average Bonchev–Trinajstić information content (AvgIpc) is 2.20. The van der Waals surface area contributed by atoms with Crippen LogP contribution in [-0.4, -0.2) is 23.9 Å². The van der Waals surface area contributed by atoms with Gasteiger partial charge in [0, 0.05) is 0 Å². The first-order valence-electron chi connectivity index (χ1n) is 4.24. The van der Waals surface area contributed by atoms with Crippen LogP contribution in [0.15, 0.2) is 24.3 Å². The standard InChI is InChI=1S/C10H9F3O2/c11-5-8(13)9(10(14)15)6-1-3-7(12)4-2-6/h1-4,8-9H,5H2,(H,14,15). The van der Waals surface area contributed by atoms with Gasteiger partial charge in [0.25, 0.3) is 0 Å². The molecule has 5 heteroatoms. The normalized spacial score (nSPS) is 14.6. The molecule has 0 amide bonds. The zero-order valence-corrected chi connectivity index (χ0v) is 7.66. The van der Waals surface area contributed by atoms with Crippen LogP contribution in [-0.2, 0) is 4.79 Å². The monoisotopic (exact) mass is 218 g/mol. The maximum absolute atomic E-state index is 13.0. The molecular weight excluding hydrogens is 209 g/mol. The molecule has 0 aliphatic heterocycles. The van der Waals surface area contributed by atoms with Crippen molar-refractivity contribution in [2.75, 3.05) is 6.67 Å². The van der Waals surface area contributed by atoms with E-state index in [1.165, 1.54) is 0 Å². The fourth-order valence-electron chi connectivity index (χ4n) is 1.27. The Morgan fingerprint density at radius 1 is 1.33 bits per heavy atom. The fourth-order valence-corrected chi connectivity index (χ4v) is 1.27. The first-order valence-corrected chi connectivity index (χ1v) is 4.24. The molecule has 2 atom stereocenters. The van der Waals surface area contributed by atoms with E-state index in [2.05, 4.69) is 0 Å². The van der Waals surface area contributed by atoms with E-state index in [1.54, 1.807) is 0 Å². The van der Waals surface area contributed by atoms with E-state index in [0.29, 0.717) is 0 Å². The van der Waals surface area contributed by atoms with Crippen molar-refractivity contribution < 1.29 is 23.1 Å². The molecule has 0 aromatic heterocycles. The number of halogens is 3. The Hall–Kier alpha value is -1.52. The number of carboxylic acids is 1. The topological polar surface area (TPSA) is 37.3 Å². The average molecular weight is 218 g/mol. The second kappa shape index (κ2) is 4.82. The molecule has 0 heterocycles. The predicted octanol–water partition coefficient (Wildman–Crippen LogP) is 2.30. The van der Waals surface area contributed by atoms with E-state index in [9.17, 15) is 18.0 Å². The van der Waals surface area contributed by atoms with Gasteiger partial charge in [-0.05, 0) is 17.7 Å². The van der Waals surface area contributed by atoms with Crippen LogP contribution in [0.2, 0.25) is 0 Å². The summed E-state index contributed by atoms with van der Waals surface area (Å²) in [4.78, 5) is 10.7. The molecule has 82 valence electrons. The van der Waals surface area contributed by atoms with Crippen LogP contribution < -0.4 is 0 Å². The Morgan fingerprint density at radius 3 is 2.27 bits per heavy atom. The van der Waals surface area contributed by atoms with Crippen molar-refractivity contribution in [1.29, 1.82) is 0 Å². The van der Waals surface area contributed by atoms with Gasteiger partial charge in [-0.3, -0.25) is 4.79 Å². The Kier molecular flexibility index (Phi) is 3.71. The van der Waals surface area contributed by atoms with Gasteiger partial charge in [-0.15, -0.1) is 0 Å². The van der Waals surface area contributed by atoms with Gasteiger partial charge in [-0.1, -0.05) is 12.1 Å². The Bertz CT molecular complexity index is 337. The molecule has 1 aromatic rings. The highest BCUT2D eigenvalue weighted by Crippen LogP contribution is 2.23. The summed E-state index contributed by atoms with van der Waals surface area (Å²) >= 11 is 0. The predicted molar refractivity (Wildman–Crippen MR) is 47.6 cm³/mol. The molecule has 0 saturated carbocycles. The number of alkyl halides is 2. The first-order chi connectivity index (χ1) is 7.06. The summed E-state index contributed by atoms with van der Waals surface area (Å²) < 4.78 is 37.6. The summed E-state index contributed by atoms with van der Waals surface area (Å²) in [6, 6.07) is 4.29. The Balaban J connectivity index is 2.99. The Labute approximate surface area is 84.3 Å². The number of carbonyl (C=O) groups is 1. The quantitative estimate of drug-likeness (QED) is 0.841. The van der Waals surface area contributed by atoms with Crippen molar-refractivity contribution in [2.24, 2.45) is 0 Å². The number of carboxylic acid groups (broad SMARTS) is 1. The number of rotatable bonds is 4. The largest absolute Gasteiger partial charge is 0.481 e. The van der Waals surface area contributed by atoms with E-state index in [1.807, 2.05) is 0 Å².